The molecule has 5 rings (SSSR count). The van der Waals surface area contributed by atoms with Crippen LogP contribution < -0.4 is 0 Å². The van der Waals surface area contributed by atoms with Crippen LogP contribution in [0.15, 0.2) is 66.5 Å². The predicted octanol–water partition coefficient (Wildman–Crippen LogP) is 3.85. The van der Waals surface area contributed by atoms with Gasteiger partial charge in [0, 0.05) is 42.5 Å². The number of fused-ring (bicyclic) bond motifs is 1. The topological polar surface area (TPSA) is 193 Å². The van der Waals surface area contributed by atoms with E-state index in [4.69, 9.17) is 14.2 Å². The third-order valence-corrected chi connectivity index (χ3v) is 12.1. The molecule has 1 aromatic carbocycles. The Morgan fingerprint density at radius 2 is 1.77 bits per heavy atom. The largest absolute Gasteiger partial charge is 0.462 e. The second-order valence-electron chi connectivity index (χ2n) is 17.1. The Morgan fingerprint density at radius 1 is 1.00 bits per heavy atom. The highest BCUT2D eigenvalue weighted by atomic mass is 16.7. The number of hydrogen-bond donors (Lipinski definition) is 4. The first-order chi connectivity index (χ1) is 28.6. The summed E-state index contributed by atoms with van der Waals surface area (Å²) in [5.74, 6) is -2.50. The van der Waals surface area contributed by atoms with Crippen molar-refractivity contribution in [2.75, 3.05) is 34.3 Å². The lowest BCUT2D eigenvalue weighted by atomic mass is 9.79. The van der Waals surface area contributed by atoms with E-state index in [1.807, 2.05) is 70.4 Å². The van der Waals surface area contributed by atoms with Gasteiger partial charge in [-0.1, -0.05) is 49.8 Å². The van der Waals surface area contributed by atoms with Gasteiger partial charge in [0.25, 0.3) is 0 Å². The molecule has 0 radical (unpaired) electrons. The number of benzene rings is 1. The molecule has 60 heavy (non-hydrogen) atoms. The third kappa shape index (κ3) is 11.9. The van der Waals surface area contributed by atoms with Crippen molar-refractivity contribution in [1.29, 1.82) is 0 Å². The molecule has 0 bridgehead atoms. The van der Waals surface area contributed by atoms with Crippen LogP contribution in [0.4, 0.5) is 0 Å². The molecule has 2 aliphatic heterocycles. The predicted molar refractivity (Wildman–Crippen MR) is 227 cm³/mol. The lowest BCUT2D eigenvalue weighted by Crippen LogP contribution is -2.63. The Hall–Kier alpha value is -3.93. The maximum absolute atomic E-state index is 13.8. The van der Waals surface area contributed by atoms with Crippen LogP contribution in [0.3, 0.4) is 0 Å². The van der Waals surface area contributed by atoms with Crippen molar-refractivity contribution < 1.29 is 44.2 Å². The molecule has 4 heterocycles. The minimum absolute atomic E-state index is 0.0871. The molecule has 0 saturated carbocycles. The Kier molecular flexibility index (Phi) is 17.1. The Bertz CT molecular complexity index is 1910. The smallest absolute Gasteiger partial charge is 0.308 e. The van der Waals surface area contributed by atoms with Crippen LogP contribution in [0.2, 0.25) is 0 Å². The molecule has 2 aliphatic rings. The number of likely N-dealkylation sites (N-methyl/N-ethyl adjacent to an activating group) is 1. The molecule has 330 valence electrons. The number of cyclic esters (lactones) is 1. The van der Waals surface area contributed by atoms with Gasteiger partial charge in [0.1, 0.15) is 12.2 Å². The van der Waals surface area contributed by atoms with Crippen LogP contribution in [0.25, 0.3) is 16.6 Å². The number of aromatic nitrogens is 4. The van der Waals surface area contributed by atoms with Crippen molar-refractivity contribution in [3.05, 3.63) is 72.2 Å². The van der Waals surface area contributed by atoms with Gasteiger partial charge in [-0.25, -0.2) is 4.68 Å². The summed E-state index contributed by atoms with van der Waals surface area (Å²) in [6, 6.07) is 9.03. The first kappa shape index (κ1) is 47.1. The van der Waals surface area contributed by atoms with E-state index in [0.29, 0.717) is 38.8 Å². The molecule has 12 atom stereocenters. The normalized spacial score (nSPS) is 32.9. The number of aliphatic hydroxyl groups is 4. The maximum Gasteiger partial charge on any atom is 0.308 e. The molecule has 0 spiro atoms. The molecule has 2 aromatic heterocycles. The summed E-state index contributed by atoms with van der Waals surface area (Å²) in [5, 5.41) is 54.1. The van der Waals surface area contributed by atoms with E-state index in [1.54, 1.807) is 55.9 Å². The minimum Gasteiger partial charge on any atom is -0.462 e. The molecular weight excluding hydrogens is 769 g/mol. The summed E-state index contributed by atoms with van der Waals surface area (Å²) in [4.78, 5) is 35.6. The van der Waals surface area contributed by atoms with Crippen LogP contribution in [0, 0.1) is 23.7 Å². The fourth-order valence-electron chi connectivity index (χ4n) is 8.62. The highest BCUT2D eigenvalue weighted by Crippen LogP contribution is 2.35. The number of pyridine rings is 1. The summed E-state index contributed by atoms with van der Waals surface area (Å²) in [5.41, 5.74) is 3.26. The Balaban J connectivity index is 1.45. The van der Waals surface area contributed by atoms with Crippen molar-refractivity contribution in [3.8, 4) is 5.69 Å². The second-order valence-corrected chi connectivity index (χ2v) is 17.1. The fourth-order valence-corrected chi connectivity index (χ4v) is 8.62. The van der Waals surface area contributed by atoms with Gasteiger partial charge >= 0.3 is 5.97 Å². The highest BCUT2D eigenvalue weighted by Gasteiger charge is 2.47. The monoisotopic (exact) mass is 834 g/mol. The van der Waals surface area contributed by atoms with E-state index in [0.717, 1.165) is 27.9 Å². The van der Waals surface area contributed by atoms with Crippen molar-refractivity contribution >= 4 is 22.7 Å². The van der Waals surface area contributed by atoms with E-state index >= 15 is 0 Å². The van der Waals surface area contributed by atoms with Crippen LogP contribution in [0.5, 0.6) is 0 Å². The van der Waals surface area contributed by atoms with Crippen molar-refractivity contribution in [2.45, 2.75) is 122 Å². The van der Waals surface area contributed by atoms with E-state index in [1.165, 1.54) is 0 Å². The summed E-state index contributed by atoms with van der Waals surface area (Å²) in [6.45, 7) is 10.0. The zero-order valence-electron chi connectivity index (χ0n) is 36.4. The van der Waals surface area contributed by atoms with E-state index in [-0.39, 0.29) is 30.6 Å². The molecule has 4 N–H and O–H groups in total. The average molecular weight is 835 g/mol. The zero-order chi connectivity index (χ0) is 43.7. The molecule has 1 fully saturated rings. The van der Waals surface area contributed by atoms with Crippen LogP contribution >= 0.6 is 0 Å². The van der Waals surface area contributed by atoms with Gasteiger partial charge in [0.05, 0.1) is 60.0 Å². The molecule has 15 nitrogen and oxygen atoms in total. The number of esters is 1. The van der Waals surface area contributed by atoms with E-state index < -0.39 is 66.8 Å². The molecular formula is C45H66N6O9. The van der Waals surface area contributed by atoms with Gasteiger partial charge in [0.15, 0.2) is 12.1 Å². The van der Waals surface area contributed by atoms with Gasteiger partial charge in [-0.15, -0.1) is 5.10 Å². The van der Waals surface area contributed by atoms with Gasteiger partial charge in [-0.05, 0) is 103 Å². The molecule has 1 saturated heterocycles. The number of aliphatic hydroxyl groups excluding tert-OH is 4. The van der Waals surface area contributed by atoms with Crippen molar-refractivity contribution in [3.63, 3.8) is 0 Å². The zero-order valence-corrected chi connectivity index (χ0v) is 36.4. The Labute approximate surface area is 354 Å². The SMILES string of the molecule is CC[C@H]1OC(=O)C[C@@H](O)[C@H](C)[C@@H](O[C@@H]2O[C@H](C)[C@@H](O)C(N(C)C)C2O)[C@@H](CCN(C)Cc2cn(-c3cccc4ncccc34)nn2)C[C@@H](C)C(=O)/C=C/C(C)=C/[C@@H]1CCO. The fraction of sp³-hybridized carbons (Fsp3) is 0.622. The maximum atomic E-state index is 13.8. The summed E-state index contributed by atoms with van der Waals surface area (Å²) >= 11 is 0. The van der Waals surface area contributed by atoms with Gasteiger partial charge in [-0.3, -0.25) is 14.6 Å². The molecule has 15 heteroatoms. The molecule has 0 aliphatic carbocycles. The number of hydrogen-bond acceptors (Lipinski definition) is 14. The Morgan fingerprint density at radius 3 is 2.48 bits per heavy atom. The van der Waals surface area contributed by atoms with Crippen LogP contribution in [0.1, 0.15) is 72.4 Å². The number of ether oxygens (including phenoxy) is 3. The van der Waals surface area contributed by atoms with Crippen LogP contribution in [-0.2, 0) is 30.3 Å². The summed E-state index contributed by atoms with van der Waals surface area (Å²) in [6.07, 6.45) is 3.57. The highest BCUT2D eigenvalue weighted by molar-refractivity contribution is 5.91. The third-order valence-electron chi connectivity index (χ3n) is 12.1. The molecule has 0 amide bonds. The standard InChI is InChI=1S/C45H66N6O9/c1-9-39-31(18-21-52)22-27(2)15-16-37(53)28(3)23-32(17-20-50(8)25-33-26-51(48-47-33)36-14-10-13-35-34(36)12-11-19-46-35)44(29(4)38(54)24-40(55)59-39)60-45-43(57)41(49(6)7)42(56)30(5)58-45/h10-16,19,22,26,28-32,38-39,41-45,52,54,56-57H,9,17-18,20-21,23-25H2,1-8H3/b16-15+,27-22+/t28-,29+,30-,31+,32+,38-,39-,41?,42-,43?,44-,45+/m1/s1. The van der Waals surface area contributed by atoms with E-state index in [9.17, 15) is 30.0 Å². The lowest BCUT2D eigenvalue weighted by Gasteiger charge is -2.46. The number of carbonyl (C=O) groups is 2. The lowest BCUT2D eigenvalue weighted by molar-refractivity contribution is -0.304. The first-order valence-electron chi connectivity index (χ1n) is 21.3. The summed E-state index contributed by atoms with van der Waals surface area (Å²) in [7, 11) is 5.50. The second kappa shape index (κ2) is 21.7. The quantitative estimate of drug-likeness (QED) is 0.192. The number of ketones is 1. The first-order valence-corrected chi connectivity index (χ1v) is 21.3. The van der Waals surface area contributed by atoms with Crippen molar-refractivity contribution in [1.82, 2.24) is 29.8 Å². The minimum atomic E-state index is -1.25. The molecule has 3 aromatic rings. The average Bonchev–Trinajstić information content (AvgIpc) is 3.68. The van der Waals surface area contributed by atoms with Gasteiger partial charge in [-0.2, -0.15) is 0 Å². The van der Waals surface area contributed by atoms with Gasteiger partial charge in [0.2, 0.25) is 0 Å². The number of carbonyl (C=O) groups excluding carboxylic acids is 2. The number of allylic oxidation sites excluding steroid dienone is 3. The summed E-state index contributed by atoms with van der Waals surface area (Å²) < 4.78 is 20.6. The number of nitrogens with zero attached hydrogens (tertiary/aromatic N) is 6. The van der Waals surface area contributed by atoms with Gasteiger partial charge < -0.3 is 44.4 Å². The number of rotatable bonds is 12. The van der Waals surface area contributed by atoms with E-state index in [2.05, 4.69) is 20.2 Å². The van der Waals surface area contributed by atoms with Crippen molar-refractivity contribution in [2.24, 2.45) is 23.7 Å². The van der Waals surface area contributed by atoms with Crippen LogP contribution in [-0.4, -0.2) is 145 Å². The molecule has 2 unspecified atom stereocenters.